The van der Waals surface area contributed by atoms with Crippen LogP contribution in [-0.2, 0) is 7.05 Å². The van der Waals surface area contributed by atoms with Gasteiger partial charge in [0.15, 0.2) is 0 Å². The Kier molecular flexibility index (Phi) is 2.87. The van der Waals surface area contributed by atoms with Gasteiger partial charge in [-0.05, 0) is 47.0 Å². The molecule has 17 heavy (non-hydrogen) atoms. The molecule has 0 bridgehead atoms. The first-order chi connectivity index (χ1) is 7.91. The zero-order valence-corrected chi connectivity index (χ0v) is 11.5. The average Bonchev–Trinajstić information content (AvgIpc) is 2.61. The summed E-state index contributed by atoms with van der Waals surface area (Å²) in [5.74, 6) is 0.764. The molecule has 2 rings (SSSR count). The van der Waals surface area contributed by atoms with Crippen LogP contribution in [0.25, 0.3) is 11.3 Å². The first-order valence-electron chi connectivity index (χ1n) is 5.20. The van der Waals surface area contributed by atoms with Gasteiger partial charge in [-0.15, -0.1) is 0 Å². The van der Waals surface area contributed by atoms with Gasteiger partial charge in [0.05, 0.1) is 10.2 Å². The van der Waals surface area contributed by atoms with Crippen molar-refractivity contribution in [3.63, 3.8) is 0 Å². The molecule has 0 aliphatic rings. The van der Waals surface area contributed by atoms with E-state index in [4.69, 9.17) is 5.73 Å². The van der Waals surface area contributed by atoms with Crippen molar-refractivity contribution in [3.8, 4) is 17.0 Å². The van der Waals surface area contributed by atoms with Crippen molar-refractivity contribution < 1.29 is 5.11 Å². The molecule has 1 aromatic heterocycles. The standard InChI is InChI=1S/C12H14BrN3O/c1-6-4-8(12(17)11(13)7(6)2)9-5-10(14)16(3)15-9/h4-5,17H,14H2,1-3H3. The Balaban J connectivity index is 2.68. The Hall–Kier alpha value is -1.49. The number of hydrogen-bond acceptors (Lipinski definition) is 3. The van der Waals surface area contributed by atoms with Crippen molar-refractivity contribution in [2.75, 3.05) is 5.73 Å². The normalized spacial score (nSPS) is 10.8. The SMILES string of the molecule is Cc1cc(-c2cc(N)n(C)n2)c(O)c(Br)c1C. The number of aromatic hydroxyl groups is 1. The molecule has 0 unspecified atom stereocenters. The summed E-state index contributed by atoms with van der Waals surface area (Å²) in [5.41, 5.74) is 9.22. The van der Waals surface area contributed by atoms with Gasteiger partial charge in [0.1, 0.15) is 11.6 Å². The van der Waals surface area contributed by atoms with Crippen molar-refractivity contribution in [2.24, 2.45) is 7.05 Å². The molecule has 0 amide bonds. The van der Waals surface area contributed by atoms with E-state index in [0.29, 0.717) is 21.5 Å². The van der Waals surface area contributed by atoms with Gasteiger partial charge in [-0.25, -0.2) is 0 Å². The predicted molar refractivity (Wildman–Crippen MR) is 71.9 cm³/mol. The van der Waals surface area contributed by atoms with E-state index in [1.165, 1.54) is 0 Å². The molecular formula is C12H14BrN3O. The van der Waals surface area contributed by atoms with E-state index < -0.39 is 0 Å². The van der Waals surface area contributed by atoms with E-state index in [0.717, 1.165) is 11.1 Å². The van der Waals surface area contributed by atoms with Gasteiger partial charge in [-0.2, -0.15) is 5.10 Å². The van der Waals surface area contributed by atoms with Crippen LogP contribution in [0.15, 0.2) is 16.6 Å². The van der Waals surface area contributed by atoms with E-state index in [2.05, 4.69) is 21.0 Å². The van der Waals surface area contributed by atoms with Crippen LogP contribution >= 0.6 is 15.9 Å². The number of rotatable bonds is 1. The summed E-state index contributed by atoms with van der Waals surface area (Å²) in [5, 5.41) is 14.4. The summed E-state index contributed by atoms with van der Waals surface area (Å²) in [4.78, 5) is 0. The molecule has 1 heterocycles. The maximum atomic E-state index is 10.1. The maximum absolute atomic E-state index is 10.1. The van der Waals surface area contributed by atoms with Crippen molar-refractivity contribution >= 4 is 21.7 Å². The summed E-state index contributed by atoms with van der Waals surface area (Å²) in [6.07, 6.45) is 0. The highest BCUT2D eigenvalue weighted by atomic mass is 79.9. The van der Waals surface area contributed by atoms with Gasteiger partial charge >= 0.3 is 0 Å². The Morgan fingerprint density at radius 2 is 2.00 bits per heavy atom. The number of aryl methyl sites for hydroxylation is 2. The second kappa shape index (κ2) is 4.07. The molecule has 0 saturated heterocycles. The minimum atomic E-state index is 0.200. The summed E-state index contributed by atoms with van der Waals surface area (Å²) in [6, 6.07) is 3.66. The summed E-state index contributed by atoms with van der Waals surface area (Å²) in [6.45, 7) is 3.95. The highest BCUT2D eigenvalue weighted by Gasteiger charge is 2.15. The quantitative estimate of drug-likeness (QED) is 0.850. The number of benzene rings is 1. The smallest absolute Gasteiger partial charge is 0.139 e. The fraction of sp³-hybridized carbons (Fsp3) is 0.250. The number of nitrogens with two attached hydrogens (primary N) is 1. The summed E-state index contributed by atoms with van der Waals surface area (Å²) >= 11 is 3.39. The number of anilines is 1. The van der Waals surface area contributed by atoms with Gasteiger partial charge < -0.3 is 10.8 Å². The minimum absolute atomic E-state index is 0.200. The number of nitrogen functional groups attached to an aromatic ring is 1. The molecule has 5 heteroatoms. The van der Waals surface area contributed by atoms with Crippen LogP contribution in [0.1, 0.15) is 11.1 Å². The number of aromatic nitrogens is 2. The molecular weight excluding hydrogens is 282 g/mol. The van der Waals surface area contributed by atoms with Crippen molar-refractivity contribution in [1.29, 1.82) is 0 Å². The Labute approximate surface area is 108 Å². The Bertz CT molecular complexity index is 570. The van der Waals surface area contributed by atoms with Crippen LogP contribution in [0.2, 0.25) is 0 Å². The number of halogens is 1. The molecule has 0 fully saturated rings. The molecule has 90 valence electrons. The zero-order chi connectivity index (χ0) is 12.7. The molecule has 2 aromatic rings. The lowest BCUT2D eigenvalue weighted by atomic mass is 10.0. The fourth-order valence-electron chi connectivity index (χ4n) is 1.67. The fourth-order valence-corrected chi connectivity index (χ4v) is 2.20. The molecule has 0 atom stereocenters. The minimum Gasteiger partial charge on any atom is -0.506 e. The third-order valence-corrected chi connectivity index (χ3v) is 3.91. The van der Waals surface area contributed by atoms with E-state index in [1.54, 1.807) is 17.8 Å². The van der Waals surface area contributed by atoms with E-state index in [-0.39, 0.29) is 5.75 Å². The third kappa shape index (κ3) is 1.91. The Morgan fingerprint density at radius 1 is 1.35 bits per heavy atom. The first-order valence-corrected chi connectivity index (χ1v) is 5.99. The highest BCUT2D eigenvalue weighted by Crippen LogP contribution is 2.38. The van der Waals surface area contributed by atoms with Crippen molar-refractivity contribution in [2.45, 2.75) is 13.8 Å². The molecule has 0 radical (unpaired) electrons. The van der Waals surface area contributed by atoms with E-state index in [1.807, 2.05) is 19.9 Å². The number of hydrogen-bond donors (Lipinski definition) is 2. The lowest BCUT2D eigenvalue weighted by Gasteiger charge is -2.09. The third-order valence-electron chi connectivity index (χ3n) is 2.94. The summed E-state index contributed by atoms with van der Waals surface area (Å²) in [7, 11) is 1.77. The van der Waals surface area contributed by atoms with Crippen LogP contribution in [0.4, 0.5) is 5.82 Å². The maximum Gasteiger partial charge on any atom is 0.139 e. The number of phenols is 1. The molecule has 1 aromatic carbocycles. The van der Waals surface area contributed by atoms with Gasteiger partial charge in [-0.3, -0.25) is 4.68 Å². The average molecular weight is 296 g/mol. The molecule has 0 saturated carbocycles. The molecule has 0 spiro atoms. The largest absolute Gasteiger partial charge is 0.506 e. The first kappa shape index (κ1) is 12.0. The van der Waals surface area contributed by atoms with E-state index >= 15 is 0 Å². The highest BCUT2D eigenvalue weighted by molar-refractivity contribution is 9.10. The van der Waals surface area contributed by atoms with Crippen LogP contribution in [-0.4, -0.2) is 14.9 Å². The monoisotopic (exact) mass is 295 g/mol. The number of nitrogens with zero attached hydrogens (tertiary/aromatic N) is 2. The van der Waals surface area contributed by atoms with Crippen molar-refractivity contribution in [3.05, 3.63) is 27.7 Å². The van der Waals surface area contributed by atoms with Crippen LogP contribution in [0.5, 0.6) is 5.75 Å². The van der Waals surface area contributed by atoms with Crippen molar-refractivity contribution in [1.82, 2.24) is 9.78 Å². The molecule has 0 aliphatic heterocycles. The van der Waals surface area contributed by atoms with Gasteiger partial charge in [0.25, 0.3) is 0 Å². The second-order valence-corrected chi connectivity index (χ2v) is 4.90. The number of phenolic OH excluding ortho intramolecular Hbond substituents is 1. The molecule has 0 aliphatic carbocycles. The van der Waals surface area contributed by atoms with Crippen LogP contribution in [0, 0.1) is 13.8 Å². The topological polar surface area (TPSA) is 64.1 Å². The van der Waals surface area contributed by atoms with Gasteiger partial charge in [-0.1, -0.05) is 0 Å². The van der Waals surface area contributed by atoms with Crippen LogP contribution in [0.3, 0.4) is 0 Å². The van der Waals surface area contributed by atoms with E-state index in [9.17, 15) is 5.11 Å². The lowest BCUT2D eigenvalue weighted by Crippen LogP contribution is -1.96. The molecule has 4 nitrogen and oxygen atoms in total. The van der Waals surface area contributed by atoms with Gasteiger partial charge in [0, 0.05) is 18.7 Å². The van der Waals surface area contributed by atoms with Gasteiger partial charge in [0.2, 0.25) is 0 Å². The second-order valence-electron chi connectivity index (χ2n) is 4.11. The lowest BCUT2D eigenvalue weighted by molar-refractivity contribution is 0.473. The van der Waals surface area contributed by atoms with Crippen LogP contribution < -0.4 is 5.73 Å². The molecule has 3 N–H and O–H groups in total. The zero-order valence-electron chi connectivity index (χ0n) is 9.95. The summed E-state index contributed by atoms with van der Waals surface area (Å²) < 4.78 is 2.29. The Morgan fingerprint density at radius 3 is 2.53 bits per heavy atom. The predicted octanol–water partition coefficient (Wildman–Crippen LogP) is 2.75.